The van der Waals surface area contributed by atoms with E-state index >= 15 is 0 Å². The van der Waals surface area contributed by atoms with Gasteiger partial charge in [0.15, 0.2) is 0 Å². The van der Waals surface area contributed by atoms with E-state index in [4.69, 9.17) is 9.72 Å². The quantitative estimate of drug-likeness (QED) is 0.272. The van der Waals surface area contributed by atoms with Gasteiger partial charge in [0.1, 0.15) is 24.0 Å². The van der Waals surface area contributed by atoms with Gasteiger partial charge in [-0.05, 0) is 62.2 Å². The molecule has 0 spiro atoms. The fourth-order valence-electron chi connectivity index (χ4n) is 4.37. The van der Waals surface area contributed by atoms with E-state index in [-0.39, 0.29) is 12.2 Å². The topological polar surface area (TPSA) is 77.2 Å². The summed E-state index contributed by atoms with van der Waals surface area (Å²) in [5, 5.41) is 10.8. The Morgan fingerprint density at radius 3 is 2.59 bits per heavy atom. The zero-order valence-corrected chi connectivity index (χ0v) is 21.0. The highest BCUT2D eigenvalue weighted by atomic mass is 19.1. The number of benzene rings is 3. The number of para-hydroxylation sites is 1. The van der Waals surface area contributed by atoms with Crippen molar-refractivity contribution in [2.24, 2.45) is 5.41 Å². The predicted octanol–water partition coefficient (Wildman–Crippen LogP) is 6.31. The monoisotopic (exact) mass is 497 g/mol. The van der Waals surface area contributed by atoms with Crippen LogP contribution >= 0.6 is 0 Å². The fraction of sp³-hybridized carbons (Fsp3) is 0.233. The number of carboxylic acid groups (broad SMARTS) is 1. The molecular formula is C30H28FN3O3. The summed E-state index contributed by atoms with van der Waals surface area (Å²) in [5.41, 5.74) is 3.77. The molecule has 0 fully saturated rings. The molecule has 0 bridgehead atoms. The molecule has 0 amide bonds. The maximum atomic E-state index is 13.8. The Bertz CT molecular complexity index is 1620. The number of nitrogens with zero attached hydrogens (tertiary/aromatic N) is 3. The minimum atomic E-state index is -1.00. The summed E-state index contributed by atoms with van der Waals surface area (Å²) >= 11 is 0. The second-order valence-electron chi connectivity index (χ2n) is 10.00. The van der Waals surface area contributed by atoms with Gasteiger partial charge in [-0.15, -0.1) is 0 Å². The third-order valence-electron chi connectivity index (χ3n) is 6.58. The van der Waals surface area contributed by atoms with E-state index in [0.717, 1.165) is 27.7 Å². The fourth-order valence-corrected chi connectivity index (χ4v) is 4.37. The number of aliphatic carboxylic acids is 1. The van der Waals surface area contributed by atoms with Crippen LogP contribution in [0.3, 0.4) is 0 Å². The molecule has 2 heterocycles. The summed E-state index contributed by atoms with van der Waals surface area (Å²) in [7, 11) is 0. The molecule has 0 saturated carbocycles. The van der Waals surface area contributed by atoms with Gasteiger partial charge < -0.3 is 14.4 Å². The number of imidazole rings is 1. The Balaban J connectivity index is 1.46. The summed E-state index contributed by atoms with van der Waals surface area (Å²) in [4.78, 5) is 21.3. The van der Waals surface area contributed by atoms with E-state index in [1.165, 1.54) is 6.07 Å². The normalized spacial score (nSPS) is 11.8. The van der Waals surface area contributed by atoms with Gasteiger partial charge in [-0.25, -0.2) is 14.4 Å². The molecule has 0 unspecified atom stereocenters. The highest BCUT2D eigenvalue weighted by Gasteiger charge is 2.30. The molecule has 5 aromatic rings. The minimum absolute atomic E-state index is 0.244. The van der Waals surface area contributed by atoms with Gasteiger partial charge in [0.2, 0.25) is 0 Å². The Morgan fingerprint density at radius 2 is 1.81 bits per heavy atom. The average molecular weight is 498 g/mol. The molecule has 0 radical (unpaired) electrons. The van der Waals surface area contributed by atoms with Crippen molar-refractivity contribution in [1.82, 2.24) is 14.5 Å². The van der Waals surface area contributed by atoms with Crippen molar-refractivity contribution in [2.45, 2.75) is 40.3 Å². The standard InChI is InChI=1S/C30H28FN3O3/c1-19-14-20(8-12-24(19)31)17-34-27-13-11-23(15-26(27)33-28(34)16-30(2,3)29(35)36)37-18-22-10-9-21-6-4-5-7-25(21)32-22/h4-15H,16-18H2,1-3H3,(H,35,36). The summed E-state index contributed by atoms with van der Waals surface area (Å²) in [5.74, 6) is 0.149. The molecule has 6 nitrogen and oxygen atoms in total. The van der Waals surface area contributed by atoms with Crippen LogP contribution in [0, 0.1) is 18.2 Å². The molecule has 0 aliphatic carbocycles. The van der Waals surface area contributed by atoms with Crippen molar-refractivity contribution >= 4 is 27.9 Å². The Labute approximate surface area is 214 Å². The molecule has 0 aliphatic rings. The highest BCUT2D eigenvalue weighted by molar-refractivity contribution is 5.79. The highest BCUT2D eigenvalue weighted by Crippen LogP contribution is 2.28. The van der Waals surface area contributed by atoms with Gasteiger partial charge in [0.25, 0.3) is 0 Å². The number of hydrogen-bond donors (Lipinski definition) is 1. The van der Waals surface area contributed by atoms with Crippen LogP contribution in [-0.4, -0.2) is 25.6 Å². The molecule has 188 valence electrons. The molecule has 7 heteroatoms. The first-order valence-electron chi connectivity index (χ1n) is 12.1. The first-order valence-corrected chi connectivity index (χ1v) is 12.1. The zero-order chi connectivity index (χ0) is 26.2. The van der Waals surface area contributed by atoms with Gasteiger partial charge >= 0.3 is 5.97 Å². The number of halogens is 1. The molecule has 1 N–H and O–H groups in total. The first kappa shape index (κ1) is 24.4. The van der Waals surface area contributed by atoms with Crippen LogP contribution < -0.4 is 4.74 Å². The number of ether oxygens (including phenoxy) is 1. The molecule has 2 aromatic heterocycles. The van der Waals surface area contributed by atoms with Crippen LogP contribution in [0.15, 0.2) is 72.8 Å². The molecule has 5 rings (SSSR count). The SMILES string of the molecule is Cc1cc(Cn2c(CC(C)(C)C(=O)O)nc3cc(OCc4ccc5ccccc5n4)ccc32)ccc1F. The number of aryl methyl sites for hydroxylation is 1. The van der Waals surface area contributed by atoms with E-state index in [9.17, 15) is 14.3 Å². The summed E-state index contributed by atoms with van der Waals surface area (Å²) < 4.78 is 21.9. The van der Waals surface area contributed by atoms with Crippen LogP contribution in [0.25, 0.3) is 21.9 Å². The van der Waals surface area contributed by atoms with Gasteiger partial charge in [-0.1, -0.05) is 36.4 Å². The number of hydrogen-bond acceptors (Lipinski definition) is 4. The lowest BCUT2D eigenvalue weighted by atomic mass is 9.89. The lowest BCUT2D eigenvalue weighted by Gasteiger charge is -2.19. The zero-order valence-electron chi connectivity index (χ0n) is 21.0. The molecule has 3 aromatic carbocycles. The second-order valence-corrected chi connectivity index (χ2v) is 10.00. The van der Waals surface area contributed by atoms with Crippen molar-refractivity contribution in [2.75, 3.05) is 0 Å². The van der Waals surface area contributed by atoms with Crippen molar-refractivity contribution in [3.05, 3.63) is 101 Å². The number of rotatable bonds is 8. The van der Waals surface area contributed by atoms with E-state index in [2.05, 4.69) is 4.98 Å². The lowest BCUT2D eigenvalue weighted by Crippen LogP contribution is -2.27. The molecule has 0 saturated heterocycles. The van der Waals surface area contributed by atoms with E-state index in [1.54, 1.807) is 32.9 Å². The van der Waals surface area contributed by atoms with Crippen LogP contribution in [-0.2, 0) is 24.4 Å². The second kappa shape index (κ2) is 9.65. The summed E-state index contributed by atoms with van der Waals surface area (Å²) in [6.45, 7) is 5.86. The van der Waals surface area contributed by atoms with Crippen LogP contribution in [0.4, 0.5) is 4.39 Å². The maximum Gasteiger partial charge on any atom is 0.309 e. The Hall–Kier alpha value is -4.26. The van der Waals surface area contributed by atoms with Crippen LogP contribution in [0.1, 0.15) is 36.5 Å². The number of carbonyl (C=O) groups is 1. The number of aromatic nitrogens is 3. The third-order valence-corrected chi connectivity index (χ3v) is 6.58. The van der Waals surface area contributed by atoms with Gasteiger partial charge in [-0.2, -0.15) is 0 Å². The maximum absolute atomic E-state index is 13.8. The lowest BCUT2D eigenvalue weighted by molar-refractivity contribution is -0.146. The Kier molecular flexibility index (Phi) is 6.38. The van der Waals surface area contributed by atoms with Crippen molar-refractivity contribution in [3.8, 4) is 5.75 Å². The largest absolute Gasteiger partial charge is 0.487 e. The van der Waals surface area contributed by atoms with Crippen molar-refractivity contribution < 1.29 is 19.0 Å². The third kappa shape index (κ3) is 5.16. The van der Waals surface area contributed by atoms with Gasteiger partial charge in [0.05, 0.1) is 27.7 Å². The average Bonchev–Trinajstić information content (AvgIpc) is 3.20. The van der Waals surface area contributed by atoms with E-state index in [1.807, 2.05) is 59.2 Å². The molecule has 0 aliphatic heterocycles. The van der Waals surface area contributed by atoms with Crippen LogP contribution in [0.2, 0.25) is 0 Å². The number of pyridine rings is 1. The van der Waals surface area contributed by atoms with Crippen LogP contribution in [0.5, 0.6) is 5.75 Å². The van der Waals surface area contributed by atoms with Crippen molar-refractivity contribution in [1.29, 1.82) is 0 Å². The molecule has 37 heavy (non-hydrogen) atoms. The van der Waals surface area contributed by atoms with Gasteiger partial charge in [0, 0.05) is 24.4 Å². The predicted molar refractivity (Wildman–Crippen MR) is 141 cm³/mol. The summed E-state index contributed by atoms with van der Waals surface area (Å²) in [6.07, 6.45) is 0.244. The van der Waals surface area contributed by atoms with E-state index in [0.29, 0.717) is 35.8 Å². The van der Waals surface area contributed by atoms with Crippen molar-refractivity contribution in [3.63, 3.8) is 0 Å². The minimum Gasteiger partial charge on any atom is -0.487 e. The Morgan fingerprint density at radius 1 is 1.00 bits per heavy atom. The molecular weight excluding hydrogens is 469 g/mol. The van der Waals surface area contributed by atoms with Gasteiger partial charge in [-0.3, -0.25) is 4.79 Å². The number of fused-ring (bicyclic) bond motifs is 2. The summed E-state index contributed by atoms with van der Waals surface area (Å²) in [6, 6.07) is 22.6. The number of carboxylic acids is 1. The van der Waals surface area contributed by atoms with E-state index < -0.39 is 11.4 Å². The first-order chi connectivity index (χ1) is 17.7. The molecule has 0 atom stereocenters. The smallest absolute Gasteiger partial charge is 0.309 e.